The number of rotatable bonds is 4. The van der Waals surface area contributed by atoms with Crippen LogP contribution < -0.4 is 15.0 Å². The van der Waals surface area contributed by atoms with Gasteiger partial charge < -0.3 is 9.15 Å². The number of urea groups is 1. The monoisotopic (exact) mass is 422 g/mol. The van der Waals surface area contributed by atoms with Crippen LogP contribution in [0.25, 0.3) is 17.4 Å². The summed E-state index contributed by atoms with van der Waals surface area (Å²) in [6.45, 7) is 0. The lowest BCUT2D eigenvalue weighted by molar-refractivity contribution is -0.122. The third-order valence-electron chi connectivity index (χ3n) is 4.47. The molecule has 30 heavy (non-hydrogen) atoms. The molecule has 4 amide bonds. The lowest BCUT2D eigenvalue weighted by Crippen LogP contribution is -2.54. The first-order valence-electron chi connectivity index (χ1n) is 8.87. The maximum atomic E-state index is 12.9. The van der Waals surface area contributed by atoms with E-state index >= 15 is 0 Å². The molecule has 2 heterocycles. The molecule has 0 bridgehead atoms. The Labute approximate surface area is 176 Å². The predicted octanol–water partition coefficient (Wildman–Crippen LogP) is 4.28. The third kappa shape index (κ3) is 3.70. The number of ether oxygens (including phenoxy) is 1. The van der Waals surface area contributed by atoms with Crippen molar-refractivity contribution in [2.45, 2.75) is 0 Å². The van der Waals surface area contributed by atoms with E-state index in [0.717, 1.165) is 10.5 Å². The Balaban J connectivity index is 1.65. The molecule has 1 fully saturated rings. The summed E-state index contributed by atoms with van der Waals surface area (Å²) in [5, 5.41) is 2.77. The largest absolute Gasteiger partial charge is 0.497 e. The van der Waals surface area contributed by atoms with Crippen LogP contribution in [0.2, 0.25) is 5.02 Å². The molecule has 1 N–H and O–H groups in total. The highest BCUT2D eigenvalue weighted by Crippen LogP contribution is 2.27. The Kier molecular flexibility index (Phi) is 5.12. The minimum absolute atomic E-state index is 0.220. The number of nitrogens with one attached hydrogen (secondary N) is 1. The number of benzene rings is 2. The highest BCUT2D eigenvalue weighted by Gasteiger charge is 2.37. The highest BCUT2D eigenvalue weighted by atomic mass is 35.5. The van der Waals surface area contributed by atoms with Gasteiger partial charge in [0.25, 0.3) is 11.8 Å². The van der Waals surface area contributed by atoms with E-state index in [1.54, 1.807) is 60.7 Å². The number of furan rings is 1. The smallest absolute Gasteiger partial charge is 0.335 e. The third-order valence-corrected chi connectivity index (χ3v) is 4.73. The SMILES string of the molecule is COc1ccc(N2C(=O)NC(=O)/C(=C\c3ccc(-c4ccc(Cl)cc4)o3)C2=O)cc1. The molecular formula is C22H15ClN2O5. The molecule has 1 aliphatic heterocycles. The Morgan fingerprint density at radius 1 is 0.967 bits per heavy atom. The van der Waals surface area contributed by atoms with Crippen LogP contribution in [-0.4, -0.2) is 25.0 Å². The van der Waals surface area contributed by atoms with Crippen molar-refractivity contribution < 1.29 is 23.5 Å². The molecule has 1 aliphatic rings. The number of barbiturate groups is 1. The number of imide groups is 2. The van der Waals surface area contributed by atoms with Gasteiger partial charge in [-0.3, -0.25) is 14.9 Å². The van der Waals surface area contributed by atoms with Crippen molar-refractivity contribution in [3.8, 4) is 17.1 Å². The Bertz CT molecular complexity index is 1160. The Morgan fingerprint density at radius 3 is 2.33 bits per heavy atom. The average Bonchev–Trinajstić information content (AvgIpc) is 3.21. The number of methoxy groups -OCH3 is 1. The standard InChI is InChI=1S/C22H15ClN2O5/c1-29-16-8-6-15(7-9-16)25-21(27)18(20(26)24-22(25)28)12-17-10-11-19(30-17)13-2-4-14(23)5-3-13/h2-12H,1H3,(H,24,26,28)/b18-12+. The van der Waals surface area contributed by atoms with Gasteiger partial charge in [-0.05, 0) is 66.7 Å². The molecular weight excluding hydrogens is 408 g/mol. The van der Waals surface area contributed by atoms with Crippen LogP contribution in [0.4, 0.5) is 10.5 Å². The molecule has 0 unspecified atom stereocenters. The molecule has 1 saturated heterocycles. The molecule has 8 heteroatoms. The van der Waals surface area contributed by atoms with Gasteiger partial charge in [0, 0.05) is 10.6 Å². The predicted molar refractivity (Wildman–Crippen MR) is 111 cm³/mol. The summed E-state index contributed by atoms with van der Waals surface area (Å²) in [7, 11) is 1.51. The van der Waals surface area contributed by atoms with Crippen LogP contribution in [0.15, 0.2) is 70.7 Å². The van der Waals surface area contributed by atoms with Gasteiger partial charge in [-0.1, -0.05) is 11.6 Å². The number of amides is 4. The van der Waals surface area contributed by atoms with E-state index in [2.05, 4.69) is 5.32 Å². The maximum Gasteiger partial charge on any atom is 0.335 e. The van der Waals surface area contributed by atoms with Crippen molar-refractivity contribution in [1.29, 1.82) is 0 Å². The molecule has 0 spiro atoms. The van der Waals surface area contributed by atoms with Crippen LogP contribution in [0, 0.1) is 0 Å². The zero-order chi connectivity index (χ0) is 21.3. The van der Waals surface area contributed by atoms with Gasteiger partial charge in [-0.15, -0.1) is 0 Å². The number of anilines is 1. The second-order valence-electron chi connectivity index (χ2n) is 6.36. The molecule has 0 saturated carbocycles. The molecule has 3 aromatic rings. The maximum absolute atomic E-state index is 12.9. The van der Waals surface area contributed by atoms with Crippen LogP contribution >= 0.6 is 11.6 Å². The fourth-order valence-electron chi connectivity index (χ4n) is 2.97. The number of carbonyl (C=O) groups is 3. The fourth-order valence-corrected chi connectivity index (χ4v) is 3.09. The lowest BCUT2D eigenvalue weighted by Gasteiger charge is -2.26. The van der Waals surface area contributed by atoms with Crippen molar-refractivity contribution in [2.24, 2.45) is 0 Å². The first-order chi connectivity index (χ1) is 14.5. The van der Waals surface area contributed by atoms with E-state index in [1.165, 1.54) is 13.2 Å². The molecule has 0 atom stereocenters. The van der Waals surface area contributed by atoms with Crippen molar-refractivity contribution in [1.82, 2.24) is 5.32 Å². The molecule has 7 nitrogen and oxygen atoms in total. The highest BCUT2D eigenvalue weighted by molar-refractivity contribution is 6.39. The van der Waals surface area contributed by atoms with Gasteiger partial charge in [-0.2, -0.15) is 0 Å². The van der Waals surface area contributed by atoms with E-state index in [-0.39, 0.29) is 5.57 Å². The van der Waals surface area contributed by atoms with Gasteiger partial charge in [-0.25, -0.2) is 9.69 Å². The van der Waals surface area contributed by atoms with Gasteiger partial charge >= 0.3 is 6.03 Å². The van der Waals surface area contributed by atoms with Gasteiger partial charge in [0.15, 0.2) is 0 Å². The van der Waals surface area contributed by atoms with E-state index in [1.807, 2.05) is 0 Å². The summed E-state index contributed by atoms with van der Waals surface area (Å²) in [5.74, 6) is -0.133. The molecule has 150 valence electrons. The van der Waals surface area contributed by atoms with Crippen LogP contribution in [0.5, 0.6) is 5.75 Å². The van der Waals surface area contributed by atoms with Gasteiger partial charge in [0.05, 0.1) is 12.8 Å². The summed E-state index contributed by atoms with van der Waals surface area (Å²) in [6.07, 6.45) is 1.31. The van der Waals surface area contributed by atoms with Crippen molar-refractivity contribution in [3.05, 3.63) is 77.0 Å². The van der Waals surface area contributed by atoms with Crippen LogP contribution in [-0.2, 0) is 9.59 Å². The molecule has 2 aromatic carbocycles. The second kappa shape index (κ2) is 7.88. The summed E-state index contributed by atoms with van der Waals surface area (Å²) in [4.78, 5) is 38.3. The van der Waals surface area contributed by atoms with Crippen molar-refractivity contribution >= 4 is 41.2 Å². The zero-order valence-corrected chi connectivity index (χ0v) is 16.5. The van der Waals surface area contributed by atoms with Crippen molar-refractivity contribution in [2.75, 3.05) is 12.0 Å². The lowest BCUT2D eigenvalue weighted by atomic mass is 10.1. The summed E-state index contributed by atoms with van der Waals surface area (Å²) in [5.41, 5.74) is 0.874. The normalized spacial score (nSPS) is 15.5. The zero-order valence-electron chi connectivity index (χ0n) is 15.7. The van der Waals surface area contributed by atoms with Crippen molar-refractivity contribution in [3.63, 3.8) is 0 Å². The molecule has 0 radical (unpaired) electrons. The van der Waals surface area contributed by atoms with Crippen LogP contribution in [0.3, 0.4) is 0 Å². The van der Waals surface area contributed by atoms with E-state index in [0.29, 0.717) is 28.0 Å². The first-order valence-corrected chi connectivity index (χ1v) is 9.25. The topological polar surface area (TPSA) is 88.8 Å². The molecule has 4 rings (SSSR count). The average molecular weight is 423 g/mol. The summed E-state index contributed by atoms with van der Waals surface area (Å²) in [6, 6.07) is 15.9. The number of hydrogen-bond donors (Lipinski definition) is 1. The number of carbonyl (C=O) groups excluding carboxylic acids is 3. The first kappa shape index (κ1) is 19.5. The van der Waals surface area contributed by atoms with E-state index in [9.17, 15) is 14.4 Å². The minimum Gasteiger partial charge on any atom is -0.497 e. The molecule has 1 aromatic heterocycles. The number of hydrogen-bond acceptors (Lipinski definition) is 5. The second-order valence-corrected chi connectivity index (χ2v) is 6.80. The number of nitrogens with zero attached hydrogens (tertiary/aromatic N) is 1. The fraction of sp³-hybridized carbons (Fsp3) is 0.0455. The number of halogens is 1. The minimum atomic E-state index is -0.825. The Hall–Kier alpha value is -3.84. The summed E-state index contributed by atoms with van der Waals surface area (Å²) >= 11 is 5.90. The Morgan fingerprint density at radius 2 is 1.67 bits per heavy atom. The van der Waals surface area contributed by atoms with E-state index in [4.69, 9.17) is 20.8 Å². The van der Waals surface area contributed by atoms with Gasteiger partial charge in [0.2, 0.25) is 0 Å². The quantitative estimate of drug-likeness (QED) is 0.501. The molecule has 0 aliphatic carbocycles. The van der Waals surface area contributed by atoms with Gasteiger partial charge in [0.1, 0.15) is 22.8 Å². The van der Waals surface area contributed by atoms with E-state index < -0.39 is 17.8 Å². The van der Waals surface area contributed by atoms with Crippen LogP contribution in [0.1, 0.15) is 5.76 Å². The summed E-state index contributed by atoms with van der Waals surface area (Å²) < 4.78 is 10.8.